The van der Waals surface area contributed by atoms with E-state index in [1.807, 2.05) is 83.4 Å². The lowest BCUT2D eigenvalue weighted by molar-refractivity contribution is -0.143. The third-order valence-corrected chi connectivity index (χ3v) is 22.5. The van der Waals surface area contributed by atoms with Crippen molar-refractivity contribution in [3.63, 3.8) is 0 Å². The van der Waals surface area contributed by atoms with Gasteiger partial charge >= 0.3 is 25.4 Å². The Morgan fingerprint density at radius 1 is 0.557 bits per heavy atom. The van der Waals surface area contributed by atoms with Gasteiger partial charge in [0.15, 0.2) is 0 Å². The maximum atomic E-state index is 13.0. The summed E-state index contributed by atoms with van der Waals surface area (Å²) in [6.45, 7) is 31.0. The van der Waals surface area contributed by atoms with Crippen LogP contribution in [-0.4, -0.2) is 217 Å². The molecule has 14 rings (SSSR count). The Hall–Kier alpha value is -4.35. The molecule has 4 amide bonds. The average molecular weight is 1920 g/mol. The van der Waals surface area contributed by atoms with Crippen LogP contribution in [0.4, 0.5) is 67.6 Å². The average Bonchev–Trinajstić information content (AvgIpc) is 1.72. The molecule has 9 fully saturated rings. The molecule has 3 saturated carbocycles. The minimum Gasteiger partial charge on any atom is -0.399 e. The van der Waals surface area contributed by atoms with Crippen LogP contribution >= 0.6 is 98.1 Å². The van der Waals surface area contributed by atoms with Gasteiger partial charge in [-0.25, -0.2) is 24.5 Å². The van der Waals surface area contributed by atoms with Crippen molar-refractivity contribution in [1.82, 2.24) is 24.8 Å². The molecule has 23 nitrogen and oxygen atoms in total. The molecule has 34 heteroatoms. The molecule has 9 aliphatic rings. The number of nitrogens with two attached hydrogens (primary N) is 1. The lowest BCUT2D eigenvalue weighted by atomic mass is 9.76. The monoisotopic (exact) mass is 1920 g/mol. The minimum atomic E-state index is -4.20. The Kier molecular flexibility index (Phi) is 44.6. The second-order valence-electron chi connectivity index (χ2n) is 31.5. The number of nitrogens with zero attached hydrogens (tertiary/aromatic N) is 8. The number of morpholine rings is 3. The number of rotatable bonds is 13. The number of amides is 4. The molecule has 9 N–H and O–H groups in total. The number of hydrogen-bond donors (Lipinski definition) is 8. The normalized spacial score (nSPS) is 24.5. The molecule has 0 bridgehead atoms. The number of aliphatic hydroxyl groups is 3. The van der Waals surface area contributed by atoms with Crippen LogP contribution in [0.2, 0.25) is 0 Å². The molecule has 3 aliphatic carbocycles. The minimum absolute atomic E-state index is 0. The van der Waals surface area contributed by atoms with Crippen LogP contribution in [0.15, 0.2) is 72.8 Å². The van der Waals surface area contributed by atoms with Crippen LogP contribution in [0.5, 0.6) is 0 Å². The molecule has 2 atom stereocenters. The van der Waals surface area contributed by atoms with Gasteiger partial charge in [-0.2, -0.15) is 58.0 Å². The number of alkyl halides is 3. The number of pyridine rings is 3. The number of likely N-dealkylation sites (tertiary alicyclic amines) is 2. The van der Waals surface area contributed by atoms with Crippen molar-refractivity contribution < 1.29 is 66.0 Å². The molecule has 5 aromatic rings. The number of aromatic nitrogens is 3. The van der Waals surface area contributed by atoms with E-state index in [4.69, 9.17) is 44.3 Å². The number of ether oxygens (including phenoxy) is 3. The molecular formula is C81H135BClF4I2N13O10S3. The van der Waals surface area contributed by atoms with E-state index in [1.54, 1.807) is 12.1 Å². The maximum absolute atomic E-state index is 13.0. The molecule has 654 valence electrons. The molecule has 6 saturated heterocycles. The highest BCUT2D eigenvalue weighted by Crippen LogP contribution is 2.40. The number of carbonyl (C=O) groups excluding carboxylic acids is 2. The van der Waals surface area contributed by atoms with Gasteiger partial charge in [-0.05, 0) is 247 Å². The van der Waals surface area contributed by atoms with E-state index in [9.17, 15) is 37.4 Å². The van der Waals surface area contributed by atoms with E-state index < -0.39 is 65.6 Å². The first kappa shape index (κ1) is 109. The highest BCUT2D eigenvalue weighted by atomic mass is 127. The summed E-state index contributed by atoms with van der Waals surface area (Å²) in [5.41, 5.74) is 9.30. The summed E-state index contributed by atoms with van der Waals surface area (Å²) in [4.78, 5) is 48.8. The quantitative estimate of drug-likeness (QED) is 0.0236. The van der Waals surface area contributed by atoms with Gasteiger partial charge in [0, 0.05) is 115 Å². The fraction of sp³-hybridized carbons (Fsp3) is 0.642. The van der Waals surface area contributed by atoms with Crippen LogP contribution in [0.25, 0.3) is 11.1 Å². The predicted molar refractivity (Wildman–Crippen MR) is 497 cm³/mol. The Bertz CT molecular complexity index is 3760. The number of urea groups is 2. The summed E-state index contributed by atoms with van der Waals surface area (Å²) in [5.74, 6) is 3.99. The molecule has 9 heterocycles. The molecule has 6 aliphatic heterocycles. The molecule has 3 aromatic heterocycles. The highest BCUT2D eigenvalue weighted by Gasteiger charge is 2.52. The Morgan fingerprint density at radius 3 is 1.35 bits per heavy atom. The van der Waals surface area contributed by atoms with Crippen molar-refractivity contribution in [2.24, 2.45) is 17.6 Å². The van der Waals surface area contributed by atoms with Gasteiger partial charge in [-0.1, -0.05) is 68.2 Å². The Morgan fingerprint density at radius 2 is 0.948 bits per heavy atom. The molecule has 0 radical (unpaired) electrons. The van der Waals surface area contributed by atoms with Crippen molar-refractivity contribution in [1.29, 1.82) is 0 Å². The Balaban J connectivity index is 0.000000754. The van der Waals surface area contributed by atoms with Gasteiger partial charge in [-0.15, -0.1) is 12.4 Å². The third-order valence-electron chi connectivity index (χ3n) is 21.3. The summed E-state index contributed by atoms with van der Waals surface area (Å²) >= 11 is 4.41. The SMILES string of the molecule is C.C.C.C.C.CC1(O)CC(N)C1.CC1(O)CC(Nc2cc(I)cc(N3CCOCC3)n2)C1.CC[C@@H]1CCN(C(=O)Nc2ccc(C)c(-c3cc(NC4CC(C)(O)C4)nc(N4CCOCC4)c3)c2)C1.Cc1ccc(NC(=O)N2CC[C@@H](CC(F)(F)F)C2)cc1B1OC(C)(C)C(C)(C)O1.Cl.Fc1cc(I)cc(N2CCOCC2)n1.S.S.S. The van der Waals surface area contributed by atoms with E-state index >= 15 is 0 Å². The van der Waals surface area contributed by atoms with Crippen molar-refractivity contribution in [3.8, 4) is 11.1 Å². The van der Waals surface area contributed by atoms with Crippen LogP contribution in [0.1, 0.15) is 168 Å². The fourth-order valence-electron chi connectivity index (χ4n) is 14.5. The fourth-order valence-corrected chi connectivity index (χ4v) is 15.6. The van der Waals surface area contributed by atoms with Gasteiger partial charge < -0.3 is 90.3 Å². The van der Waals surface area contributed by atoms with Crippen molar-refractivity contribution in [3.05, 3.63) is 97.0 Å². The molecule has 2 aromatic carbocycles. The maximum Gasteiger partial charge on any atom is 0.495 e. The molecule has 0 unspecified atom stereocenters. The zero-order valence-electron chi connectivity index (χ0n) is 64.8. The van der Waals surface area contributed by atoms with Crippen molar-refractivity contribution in [2.45, 2.75) is 223 Å². The summed E-state index contributed by atoms with van der Waals surface area (Å²) < 4.78 is 81.1. The van der Waals surface area contributed by atoms with Crippen LogP contribution in [0, 0.1) is 38.8 Å². The predicted octanol–water partition coefficient (Wildman–Crippen LogP) is 15.9. The number of nitrogens with one attached hydrogen (secondary N) is 4. The van der Waals surface area contributed by atoms with Gasteiger partial charge in [0.2, 0.25) is 5.95 Å². The first-order chi connectivity index (χ1) is 49.9. The number of anilines is 7. The molecular weight excluding hydrogens is 1790 g/mol. The lowest BCUT2D eigenvalue weighted by Crippen LogP contribution is -2.49. The van der Waals surface area contributed by atoms with E-state index in [2.05, 4.69) is 131 Å². The molecule has 115 heavy (non-hydrogen) atoms. The number of halogens is 7. The number of benzene rings is 2. The summed E-state index contributed by atoms with van der Waals surface area (Å²) in [6.07, 6.45) is 2.03. The largest absolute Gasteiger partial charge is 0.495 e. The summed E-state index contributed by atoms with van der Waals surface area (Å²) in [5, 5.41) is 41.8. The second kappa shape index (κ2) is 47.2. The third kappa shape index (κ3) is 31.9. The van der Waals surface area contributed by atoms with Gasteiger partial charge in [0.25, 0.3) is 0 Å². The van der Waals surface area contributed by atoms with Gasteiger partial charge in [0.05, 0.1) is 67.6 Å². The Labute approximate surface area is 737 Å². The van der Waals surface area contributed by atoms with E-state index in [1.165, 1.54) is 14.5 Å². The summed E-state index contributed by atoms with van der Waals surface area (Å²) in [7, 11) is -0.556. The number of carbonyl (C=O) groups is 2. The smallest absolute Gasteiger partial charge is 0.399 e. The van der Waals surface area contributed by atoms with Crippen LogP contribution in [0.3, 0.4) is 0 Å². The summed E-state index contributed by atoms with van der Waals surface area (Å²) in [6, 6.07) is 23.6. The van der Waals surface area contributed by atoms with E-state index in [0.717, 1.165) is 164 Å². The van der Waals surface area contributed by atoms with Crippen LogP contribution in [-0.2, 0) is 23.5 Å². The number of hydrogen-bond acceptors (Lipinski definition) is 19. The first-order valence-corrected chi connectivity index (χ1v) is 39.3. The lowest BCUT2D eigenvalue weighted by Gasteiger charge is -2.41. The van der Waals surface area contributed by atoms with Crippen LogP contribution < -0.4 is 47.2 Å². The van der Waals surface area contributed by atoms with Gasteiger partial charge in [-0.3, -0.25) is 0 Å². The van der Waals surface area contributed by atoms with E-state index in [-0.39, 0.29) is 115 Å². The molecule has 0 spiro atoms. The van der Waals surface area contributed by atoms with Gasteiger partial charge in [0.1, 0.15) is 29.1 Å². The zero-order chi connectivity index (χ0) is 76.5. The topological polar surface area (TPSA) is 270 Å². The zero-order valence-corrected chi connectivity index (χ0v) is 72.9. The van der Waals surface area contributed by atoms with Crippen molar-refractivity contribution >= 4 is 163 Å². The first-order valence-electron chi connectivity index (χ1n) is 37.2. The second-order valence-corrected chi connectivity index (χ2v) is 34.0. The van der Waals surface area contributed by atoms with Crippen molar-refractivity contribution in [2.75, 3.05) is 141 Å². The standard InChI is InChI=1S/C28H39N5O3.C20H28BF3N2O3.C14H20IN3O2.C9H10FIN2O.C5H11NO.5CH4.ClH.3H2S/c1-4-20-7-8-33(18-20)27(34)30-22-6-5-19(2)24(15-22)21-13-25(29-23-16-28(3,35)17-23)31-26(14-21)32-9-11-36-12-10-32;1-13-6-7-15(10-16(13)21-28-18(2,3)19(4,5)29-21)25-17(27)26-9-8-14(12-26)11-20(22,23)24;1-14(19)8-11(9-14)16-12-6-10(15)7-13(17-12)18-2-4-20-5-3-18;10-8-5-7(11)6-9(12-8)13-1-3-14-4-2-13;1-5(7)2-4(6)3-5;;;;;;;;;/h5-6,13-15,20,23,35H,4,7-12,16-18H2,1-3H3,(H,29,31)(H,30,34);6-7,10,14H,8-9,11-12H2,1-5H3,(H,25,27);6-7,11,19H,2-5,8-9H2,1H3,(H,16,17);5-6H,1-4H2;4,7H,2-3,6H2,1H3;5*1H4;1H;3*1H2/t20-,23?,28?;14-;;;;;;;;;;;;/m10............/s1. The highest BCUT2D eigenvalue weighted by molar-refractivity contribution is 14.1. The van der Waals surface area contributed by atoms with E-state index in [0.29, 0.717) is 75.7 Å². The number of aryl methyl sites for hydroxylation is 2.